The quantitative estimate of drug-likeness (QED) is 0.209. The predicted molar refractivity (Wildman–Crippen MR) is 124 cm³/mol. The lowest BCUT2D eigenvalue weighted by molar-refractivity contribution is -0.139. The molecule has 0 spiro atoms. The van der Waals surface area contributed by atoms with E-state index in [0.717, 1.165) is 0 Å². The molecule has 1 saturated heterocycles. The van der Waals surface area contributed by atoms with E-state index in [4.69, 9.17) is 9.47 Å². The van der Waals surface area contributed by atoms with Crippen LogP contribution in [0.25, 0.3) is 5.76 Å². The highest BCUT2D eigenvalue weighted by Crippen LogP contribution is 2.40. The number of benzene rings is 2. The molecule has 174 valence electrons. The van der Waals surface area contributed by atoms with Crippen LogP contribution < -0.4 is 9.47 Å². The third-order valence-corrected chi connectivity index (χ3v) is 5.17. The molecular weight excluding hydrogens is 422 g/mol. The second kappa shape index (κ2) is 10.3. The molecule has 0 bridgehead atoms. The number of hydrogen-bond donors (Lipinski definition) is 1. The Morgan fingerprint density at radius 3 is 2.18 bits per heavy atom. The summed E-state index contributed by atoms with van der Waals surface area (Å²) in [6.45, 7) is 8.25. The number of amides is 1. The van der Waals surface area contributed by atoms with E-state index in [1.165, 1.54) is 11.8 Å². The second-order valence-corrected chi connectivity index (χ2v) is 8.38. The van der Waals surface area contributed by atoms with Gasteiger partial charge in [0, 0.05) is 19.0 Å². The lowest BCUT2D eigenvalue weighted by Crippen LogP contribution is -2.30. The number of rotatable bonds is 8. The molecule has 0 saturated carbocycles. The third-order valence-electron chi connectivity index (χ3n) is 5.17. The van der Waals surface area contributed by atoms with Gasteiger partial charge in [-0.1, -0.05) is 32.9 Å². The fraction of sp³-hybridized carbons (Fsp3) is 0.346. The molecule has 0 radical (unpaired) electrons. The number of nitrogens with zero attached hydrogens (tertiary/aromatic N) is 1. The van der Waals surface area contributed by atoms with Gasteiger partial charge in [-0.2, -0.15) is 0 Å². The van der Waals surface area contributed by atoms with Crippen molar-refractivity contribution in [1.82, 2.24) is 4.90 Å². The van der Waals surface area contributed by atoms with Crippen LogP contribution in [0.3, 0.4) is 0 Å². The summed E-state index contributed by atoms with van der Waals surface area (Å²) in [4.78, 5) is 38.4. The van der Waals surface area contributed by atoms with E-state index in [1.807, 2.05) is 20.8 Å². The number of carbonyl (C=O) groups excluding carboxylic acids is 3. The molecular formula is C26H29NO6. The van der Waals surface area contributed by atoms with E-state index < -0.39 is 23.7 Å². The average Bonchev–Trinajstić information content (AvgIpc) is 3.03. The lowest BCUT2D eigenvalue weighted by atomic mass is 9.95. The summed E-state index contributed by atoms with van der Waals surface area (Å²) in [5.41, 5.74) is 1.09. The molecule has 1 N–H and O–H groups in total. The molecule has 3 rings (SSSR count). The van der Waals surface area contributed by atoms with E-state index >= 15 is 0 Å². The lowest BCUT2D eigenvalue weighted by Gasteiger charge is -2.25. The van der Waals surface area contributed by atoms with Crippen LogP contribution in [-0.2, 0) is 14.4 Å². The van der Waals surface area contributed by atoms with Gasteiger partial charge in [0.2, 0.25) is 0 Å². The van der Waals surface area contributed by atoms with Crippen molar-refractivity contribution in [3.8, 4) is 11.5 Å². The molecule has 1 unspecified atom stereocenters. The van der Waals surface area contributed by atoms with Gasteiger partial charge < -0.3 is 19.5 Å². The van der Waals surface area contributed by atoms with Crippen molar-refractivity contribution >= 4 is 23.4 Å². The van der Waals surface area contributed by atoms with Crippen LogP contribution in [0.15, 0.2) is 54.1 Å². The first kappa shape index (κ1) is 24.0. The van der Waals surface area contributed by atoms with Gasteiger partial charge in [0.05, 0.1) is 18.2 Å². The molecule has 1 aliphatic rings. The molecule has 1 aliphatic heterocycles. The van der Waals surface area contributed by atoms with Crippen molar-refractivity contribution < 1.29 is 29.0 Å². The minimum Gasteiger partial charge on any atom is -0.507 e. The second-order valence-electron chi connectivity index (χ2n) is 8.38. The Hall–Kier alpha value is -3.61. The van der Waals surface area contributed by atoms with Crippen molar-refractivity contribution in [3.63, 3.8) is 0 Å². The van der Waals surface area contributed by atoms with Gasteiger partial charge in [-0.25, -0.2) is 0 Å². The first-order chi connectivity index (χ1) is 15.7. The molecule has 1 amide bonds. The number of esters is 1. The SMILES string of the molecule is CCCN1C(=O)C(=O)/C(=C(\O)c2ccc(OCC(C)C)cc2)C1c1ccc(OC(C)=O)cc1. The van der Waals surface area contributed by atoms with Crippen molar-refractivity contribution in [2.75, 3.05) is 13.2 Å². The van der Waals surface area contributed by atoms with Crippen molar-refractivity contribution in [2.45, 2.75) is 40.2 Å². The monoisotopic (exact) mass is 451 g/mol. The zero-order chi connectivity index (χ0) is 24.1. The number of ketones is 1. The molecule has 1 atom stereocenters. The fourth-order valence-electron chi connectivity index (χ4n) is 3.71. The van der Waals surface area contributed by atoms with E-state index in [-0.39, 0.29) is 11.3 Å². The number of hydrogen-bond acceptors (Lipinski definition) is 6. The molecule has 2 aromatic rings. The maximum absolute atomic E-state index is 12.9. The zero-order valence-electron chi connectivity index (χ0n) is 19.3. The maximum atomic E-state index is 12.9. The Morgan fingerprint density at radius 2 is 1.64 bits per heavy atom. The van der Waals surface area contributed by atoms with Gasteiger partial charge in [-0.15, -0.1) is 0 Å². The maximum Gasteiger partial charge on any atom is 0.308 e. The molecule has 7 heteroatoms. The highest BCUT2D eigenvalue weighted by atomic mass is 16.5. The summed E-state index contributed by atoms with van der Waals surface area (Å²) in [5.74, 6) is -0.670. The molecule has 33 heavy (non-hydrogen) atoms. The highest BCUT2D eigenvalue weighted by Gasteiger charge is 2.45. The Kier molecular flexibility index (Phi) is 7.53. The van der Waals surface area contributed by atoms with Gasteiger partial charge in [-0.3, -0.25) is 14.4 Å². The summed E-state index contributed by atoms with van der Waals surface area (Å²) in [7, 11) is 0. The normalized spacial score (nSPS) is 17.5. The Morgan fingerprint density at radius 1 is 1.03 bits per heavy atom. The van der Waals surface area contributed by atoms with E-state index in [1.54, 1.807) is 48.5 Å². The van der Waals surface area contributed by atoms with Crippen molar-refractivity contribution in [1.29, 1.82) is 0 Å². The minimum atomic E-state index is -0.742. The molecule has 1 fully saturated rings. The van der Waals surface area contributed by atoms with Crippen molar-refractivity contribution in [2.24, 2.45) is 5.92 Å². The van der Waals surface area contributed by atoms with E-state index in [9.17, 15) is 19.5 Å². The van der Waals surface area contributed by atoms with Gasteiger partial charge in [0.1, 0.15) is 17.3 Å². The average molecular weight is 452 g/mol. The van der Waals surface area contributed by atoms with Gasteiger partial charge >= 0.3 is 5.97 Å². The minimum absolute atomic E-state index is 0.0320. The number of likely N-dealkylation sites (tertiary alicyclic amines) is 1. The van der Waals surface area contributed by atoms with E-state index in [0.29, 0.717) is 48.1 Å². The largest absolute Gasteiger partial charge is 0.507 e. The van der Waals surface area contributed by atoms with Gasteiger partial charge in [-0.05, 0) is 54.3 Å². The highest BCUT2D eigenvalue weighted by molar-refractivity contribution is 6.46. The Labute approximate surface area is 193 Å². The number of Topliss-reactive ketones (excluding diaryl/α,β-unsaturated/α-hetero) is 1. The summed E-state index contributed by atoms with van der Waals surface area (Å²) in [6.07, 6.45) is 0.650. The fourth-order valence-corrected chi connectivity index (χ4v) is 3.71. The number of ether oxygens (including phenoxy) is 2. The summed E-state index contributed by atoms with van der Waals surface area (Å²) >= 11 is 0. The first-order valence-corrected chi connectivity index (χ1v) is 11.0. The molecule has 7 nitrogen and oxygen atoms in total. The van der Waals surface area contributed by atoms with Crippen LogP contribution >= 0.6 is 0 Å². The van der Waals surface area contributed by atoms with Crippen LogP contribution in [-0.4, -0.2) is 40.8 Å². The first-order valence-electron chi connectivity index (χ1n) is 11.0. The Bertz CT molecular complexity index is 1050. The van der Waals surface area contributed by atoms with E-state index in [2.05, 4.69) is 0 Å². The summed E-state index contributed by atoms with van der Waals surface area (Å²) in [5, 5.41) is 11.1. The molecule has 0 aromatic heterocycles. The zero-order valence-corrected chi connectivity index (χ0v) is 19.3. The van der Waals surface area contributed by atoms with Crippen LogP contribution in [0.2, 0.25) is 0 Å². The molecule has 0 aliphatic carbocycles. The standard InChI is InChI=1S/C26H29NO6/c1-5-14-27-23(18-6-12-21(13-7-18)33-17(4)28)22(25(30)26(27)31)24(29)19-8-10-20(11-9-19)32-15-16(2)3/h6-13,16,23,29H,5,14-15H2,1-4H3/b24-22-. The number of aliphatic hydroxyl groups is 1. The van der Waals surface area contributed by atoms with Crippen LogP contribution in [0.4, 0.5) is 0 Å². The van der Waals surface area contributed by atoms with Crippen LogP contribution in [0.1, 0.15) is 51.3 Å². The van der Waals surface area contributed by atoms with Gasteiger partial charge in [0.25, 0.3) is 11.7 Å². The number of aliphatic hydroxyl groups excluding tert-OH is 1. The van der Waals surface area contributed by atoms with Crippen molar-refractivity contribution in [3.05, 3.63) is 65.2 Å². The number of carbonyl (C=O) groups is 3. The van der Waals surface area contributed by atoms with Crippen LogP contribution in [0, 0.1) is 5.92 Å². The van der Waals surface area contributed by atoms with Gasteiger partial charge in [0.15, 0.2) is 0 Å². The summed E-state index contributed by atoms with van der Waals surface area (Å²) in [6, 6.07) is 12.6. The Balaban J connectivity index is 2.01. The smallest absolute Gasteiger partial charge is 0.308 e. The third kappa shape index (κ3) is 5.42. The topological polar surface area (TPSA) is 93.1 Å². The molecule has 1 heterocycles. The summed E-state index contributed by atoms with van der Waals surface area (Å²) < 4.78 is 10.8. The van der Waals surface area contributed by atoms with Crippen LogP contribution in [0.5, 0.6) is 11.5 Å². The predicted octanol–water partition coefficient (Wildman–Crippen LogP) is 4.48. The molecule has 2 aromatic carbocycles.